The van der Waals surface area contributed by atoms with Gasteiger partial charge in [0.15, 0.2) is 0 Å². The van der Waals surface area contributed by atoms with Gasteiger partial charge in [-0.15, -0.1) is 6.58 Å². The molecule has 1 aromatic rings. The molecule has 0 spiro atoms. The van der Waals surface area contributed by atoms with Crippen LogP contribution >= 0.6 is 0 Å². The molecule has 0 amide bonds. The Hall–Kier alpha value is -1.58. The van der Waals surface area contributed by atoms with E-state index in [-0.39, 0.29) is 0 Å². The van der Waals surface area contributed by atoms with Crippen LogP contribution in [0, 0.1) is 0 Å². The smallest absolute Gasteiger partial charge is 0.234 e. The normalized spacial score (nSPS) is 9.31. The van der Waals surface area contributed by atoms with Gasteiger partial charge in [-0.3, -0.25) is 4.98 Å². The molecule has 4 heteroatoms. The van der Waals surface area contributed by atoms with Crippen LogP contribution in [0.2, 0.25) is 0 Å². The van der Waals surface area contributed by atoms with Gasteiger partial charge in [0.1, 0.15) is 5.82 Å². The molecule has 1 N–H and O–H groups in total. The molecule has 0 bridgehead atoms. The predicted octanol–water partition coefficient (Wildman–Crippen LogP) is 1.47. The third kappa shape index (κ3) is 3.11. The molecular weight excluding hydrogens is 166 g/mol. The van der Waals surface area contributed by atoms with E-state index in [1.165, 1.54) is 0 Å². The van der Waals surface area contributed by atoms with Crippen molar-refractivity contribution in [2.45, 2.75) is 6.42 Å². The Balaban J connectivity index is 2.50. The van der Waals surface area contributed by atoms with Crippen LogP contribution in [0.15, 0.2) is 25.0 Å². The van der Waals surface area contributed by atoms with Crippen LogP contribution in [0.3, 0.4) is 0 Å². The Kier molecular flexibility index (Phi) is 3.75. The topological polar surface area (TPSA) is 47.0 Å². The summed E-state index contributed by atoms with van der Waals surface area (Å²) < 4.78 is 5.30. The van der Waals surface area contributed by atoms with E-state index in [0.29, 0.717) is 18.3 Å². The molecule has 0 aliphatic rings. The first-order chi connectivity index (χ1) is 6.36. The predicted molar refractivity (Wildman–Crippen MR) is 51.9 cm³/mol. The van der Waals surface area contributed by atoms with Crippen LogP contribution in [0.1, 0.15) is 6.42 Å². The summed E-state index contributed by atoms with van der Waals surface area (Å²) in [6, 6.07) is 0. The summed E-state index contributed by atoms with van der Waals surface area (Å²) in [4.78, 5) is 8.09. The molecule has 0 aromatic carbocycles. The lowest BCUT2D eigenvalue weighted by molar-refractivity contribution is 0.311. The summed E-state index contributed by atoms with van der Waals surface area (Å²) in [6.45, 7) is 4.19. The van der Waals surface area contributed by atoms with Crippen LogP contribution in [0.4, 0.5) is 5.82 Å². The van der Waals surface area contributed by atoms with Crippen molar-refractivity contribution >= 4 is 5.82 Å². The molecule has 4 nitrogen and oxygen atoms in total. The van der Waals surface area contributed by atoms with E-state index in [2.05, 4.69) is 21.9 Å². The largest absolute Gasteiger partial charge is 0.476 e. The first-order valence-corrected chi connectivity index (χ1v) is 4.10. The molecule has 1 rings (SSSR count). The number of hydrogen-bond acceptors (Lipinski definition) is 4. The van der Waals surface area contributed by atoms with Crippen LogP contribution in [-0.4, -0.2) is 23.6 Å². The lowest BCUT2D eigenvalue weighted by Gasteiger charge is -2.04. The summed E-state index contributed by atoms with van der Waals surface area (Å²) in [6.07, 6.45) is 5.84. The lowest BCUT2D eigenvalue weighted by atomic mass is 10.5. The Morgan fingerprint density at radius 2 is 2.46 bits per heavy atom. The second-order valence-electron chi connectivity index (χ2n) is 2.42. The molecule has 1 aromatic heterocycles. The molecule has 0 aliphatic carbocycles. The number of nitrogens with one attached hydrogen (secondary N) is 1. The molecule has 0 unspecified atom stereocenters. The molecular formula is C9H13N3O. The summed E-state index contributed by atoms with van der Waals surface area (Å²) in [5.41, 5.74) is 0. The number of ether oxygens (including phenoxy) is 1. The van der Waals surface area contributed by atoms with Crippen molar-refractivity contribution in [2.75, 3.05) is 19.0 Å². The van der Waals surface area contributed by atoms with Crippen molar-refractivity contribution in [2.24, 2.45) is 0 Å². The van der Waals surface area contributed by atoms with Crippen molar-refractivity contribution in [3.8, 4) is 5.88 Å². The van der Waals surface area contributed by atoms with Crippen molar-refractivity contribution in [3.05, 3.63) is 25.0 Å². The highest BCUT2D eigenvalue weighted by atomic mass is 16.5. The monoisotopic (exact) mass is 179 g/mol. The number of nitrogens with zero attached hydrogens (tertiary/aromatic N) is 2. The highest BCUT2D eigenvalue weighted by Crippen LogP contribution is 2.08. The van der Waals surface area contributed by atoms with Crippen molar-refractivity contribution in [1.29, 1.82) is 0 Å². The molecule has 0 fully saturated rings. The number of rotatable bonds is 5. The summed E-state index contributed by atoms with van der Waals surface area (Å²) >= 11 is 0. The van der Waals surface area contributed by atoms with E-state index in [0.717, 1.165) is 6.42 Å². The SMILES string of the molecule is C=CCCOc1cncc(NC)n1. The van der Waals surface area contributed by atoms with Crippen molar-refractivity contribution < 1.29 is 4.74 Å². The third-order valence-corrected chi connectivity index (χ3v) is 1.44. The van der Waals surface area contributed by atoms with Gasteiger partial charge in [-0.2, -0.15) is 4.98 Å². The maximum atomic E-state index is 5.30. The van der Waals surface area contributed by atoms with Gasteiger partial charge < -0.3 is 10.1 Å². The first kappa shape index (κ1) is 9.51. The summed E-state index contributed by atoms with van der Waals surface area (Å²) in [5.74, 6) is 1.24. The van der Waals surface area contributed by atoms with Crippen LogP contribution in [0.25, 0.3) is 0 Å². The van der Waals surface area contributed by atoms with E-state index in [4.69, 9.17) is 4.74 Å². The van der Waals surface area contributed by atoms with Crippen LogP contribution in [0.5, 0.6) is 5.88 Å². The van der Waals surface area contributed by atoms with E-state index in [1.54, 1.807) is 25.5 Å². The van der Waals surface area contributed by atoms with Gasteiger partial charge in [-0.05, 0) is 6.42 Å². The molecule has 70 valence electrons. The lowest BCUT2D eigenvalue weighted by Crippen LogP contribution is -2.00. The fourth-order valence-corrected chi connectivity index (χ4v) is 0.785. The molecule has 0 aliphatic heterocycles. The van der Waals surface area contributed by atoms with E-state index < -0.39 is 0 Å². The summed E-state index contributed by atoms with van der Waals surface area (Å²) in [5, 5.41) is 2.88. The van der Waals surface area contributed by atoms with E-state index in [1.807, 2.05) is 0 Å². The Morgan fingerprint density at radius 3 is 3.15 bits per heavy atom. The van der Waals surface area contributed by atoms with Crippen LogP contribution in [-0.2, 0) is 0 Å². The number of aromatic nitrogens is 2. The molecule has 0 atom stereocenters. The Labute approximate surface area is 77.7 Å². The summed E-state index contributed by atoms with van der Waals surface area (Å²) in [7, 11) is 1.79. The zero-order valence-electron chi connectivity index (χ0n) is 7.66. The van der Waals surface area contributed by atoms with Crippen molar-refractivity contribution in [3.63, 3.8) is 0 Å². The van der Waals surface area contributed by atoms with E-state index >= 15 is 0 Å². The van der Waals surface area contributed by atoms with Gasteiger partial charge in [0.25, 0.3) is 0 Å². The highest BCUT2D eigenvalue weighted by Gasteiger charge is 1.96. The highest BCUT2D eigenvalue weighted by molar-refractivity contribution is 5.31. The van der Waals surface area contributed by atoms with Crippen LogP contribution < -0.4 is 10.1 Å². The number of hydrogen-bond donors (Lipinski definition) is 1. The zero-order valence-corrected chi connectivity index (χ0v) is 7.66. The quantitative estimate of drug-likeness (QED) is 0.549. The molecule has 0 radical (unpaired) electrons. The molecule has 0 saturated carbocycles. The standard InChI is InChI=1S/C9H13N3O/c1-3-4-5-13-9-7-11-6-8(10-2)12-9/h3,6-7H,1,4-5H2,2H3,(H,10,12). The maximum absolute atomic E-state index is 5.30. The average molecular weight is 179 g/mol. The average Bonchev–Trinajstić information content (AvgIpc) is 2.19. The molecule has 13 heavy (non-hydrogen) atoms. The van der Waals surface area contributed by atoms with Gasteiger partial charge in [0.2, 0.25) is 5.88 Å². The Bertz CT molecular complexity index is 275. The minimum Gasteiger partial charge on any atom is -0.476 e. The second kappa shape index (κ2) is 5.13. The second-order valence-corrected chi connectivity index (χ2v) is 2.42. The Morgan fingerprint density at radius 1 is 1.62 bits per heavy atom. The number of anilines is 1. The maximum Gasteiger partial charge on any atom is 0.234 e. The van der Waals surface area contributed by atoms with E-state index in [9.17, 15) is 0 Å². The van der Waals surface area contributed by atoms with Gasteiger partial charge in [0, 0.05) is 7.05 Å². The minimum absolute atomic E-state index is 0.536. The molecule has 1 heterocycles. The fraction of sp³-hybridized carbons (Fsp3) is 0.333. The minimum atomic E-state index is 0.536. The van der Waals surface area contributed by atoms with Gasteiger partial charge in [-0.25, -0.2) is 0 Å². The van der Waals surface area contributed by atoms with Gasteiger partial charge >= 0.3 is 0 Å². The first-order valence-electron chi connectivity index (χ1n) is 4.10. The third-order valence-electron chi connectivity index (χ3n) is 1.44. The fourth-order valence-electron chi connectivity index (χ4n) is 0.785. The molecule has 0 saturated heterocycles. The van der Waals surface area contributed by atoms with Gasteiger partial charge in [0.05, 0.1) is 19.0 Å². The van der Waals surface area contributed by atoms with Gasteiger partial charge in [-0.1, -0.05) is 6.08 Å². The van der Waals surface area contributed by atoms with Crippen molar-refractivity contribution in [1.82, 2.24) is 9.97 Å². The zero-order chi connectivity index (χ0) is 9.52.